The summed E-state index contributed by atoms with van der Waals surface area (Å²) in [5, 5.41) is 2.60. The van der Waals surface area contributed by atoms with Gasteiger partial charge in [0.05, 0.1) is 16.8 Å². The van der Waals surface area contributed by atoms with E-state index in [0.29, 0.717) is 11.0 Å². The highest BCUT2D eigenvalue weighted by molar-refractivity contribution is 6.62. The lowest BCUT2D eigenvalue weighted by Gasteiger charge is -2.32. The number of carbonyl (C=O) groups is 1. The molecule has 148 valence electrons. The number of alkyl halides is 3. The summed E-state index contributed by atoms with van der Waals surface area (Å²) in [4.78, 5) is 12.5. The molecule has 1 saturated heterocycles. The Bertz CT molecular complexity index is 863. The topological polar surface area (TPSA) is 47.6 Å². The molecule has 2 aromatic carbocycles. The fourth-order valence-corrected chi connectivity index (χ4v) is 2.75. The highest BCUT2D eigenvalue weighted by Crippen LogP contribution is 2.36. The highest BCUT2D eigenvalue weighted by Gasteiger charge is 2.51. The van der Waals surface area contributed by atoms with Crippen molar-refractivity contribution < 1.29 is 27.3 Å². The number of nitrogens with one attached hydrogen (secondary N) is 1. The Morgan fingerprint density at radius 2 is 1.54 bits per heavy atom. The molecule has 1 heterocycles. The molecular weight excluding hydrogens is 370 g/mol. The normalized spacial score (nSPS) is 18.2. The van der Waals surface area contributed by atoms with E-state index in [2.05, 4.69) is 5.32 Å². The standard InChI is InChI=1S/C20H21BF3NO3/c1-18(2)19(3,4)28-21(27-18)15-7-5-6-13(12-15)17(26)25-16-10-8-14(9-11-16)20(22,23)24/h5-12H,1-4H3,(H,25,26). The van der Waals surface area contributed by atoms with Crippen LogP contribution in [0.4, 0.5) is 18.9 Å². The lowest BCUT2D eigenvalue weighted by molar-refractivity contribution is -0.137. The fraction of sp³-hybridized carbons (Fsp3) is 0.350. The van der Waals surface area contributed by atoms with E-state index in [9.17, 15) is 18.0 Å². The number of amides is 1. The van der Waals surface area contributed by atoms with Crippen LogP contribution in [-0.2, 0) is 15.5 Å². The summed E-state index contributed by atoms with van der Waals surface area (Å²) < 4.78 is 49.9. The van der Waals surface area contributed by atoms with Crippen LogP contribution in [0.15, 0.2) is 48.5 Å². The van der Waals surface area contributed by atoms with Gasteiger partial charge in [-0.3, -0.25) is 4.79 Å². The van der Waals surface area contributed by atoms with Gasteiger partial charge < -0.3 is 14.6 Å². The Labute approximate surface area is 162 Å². The van der Waals surface area contributed by atoms with Crippen molar-refractivity contribution in [3.63, 3.8) is 0 Å². The monoisotopic (exact) mass is 391 g/mol. The Hall–Kier alpha value is -2.32. The number of benzene rings is 2. The predicted octanol–water partition coefficient (Wildman–Crippen LogP) is 4.26. The quantitative estimate of drug-likeness (QED) is 0.796. The van der Waals surface area contributed by atoms with Gasteiger partial charge in [0.1, 0.15) is 0 Å². The molecule has 0 spiro atoms. The van der Waals surface area contributed by atoms with E-state index in [0.717, 1.165) is 12.1 Å². The maximum atomic E-state index is 12.6. The fourth-order valence-electron chi connectivity index (χ4n) is 2.75. The van der Waals surface area contributed by atoms with Crippen LogP contribution in [-0.4, -0.2) is 24.2 Å². The van der Waals surface area contributed by atoms with E-state index in [1.165, 1.54) is 12.1 Å². The summed E-state index contributed by atoms with van der Waals surface area (Å²) >= 11 is 0. The predicted molar refractivity (Wildman–Crippen MR) is 102 cm³/mol. The zero-order valence-corrected chi connectivity index (χ0v) is 16.1. The lowest BCUT2D eigenvalue weighted by atomic mass is 9.78. The first-order valence-corrected chi connectivity index (χ1v) is 8.83. The molecule has 1 amide bonds. The molecular formula is C20H21BF3NO3. The van der Waals surface area contributed by atoms with Crippen molar-refractivity contribution in [3.05, 3.63) is 59.7 Å². The van der Waals surface area contributed by atoms with Crippen LogP contribution in [0.5, 0.6) is 0 Å². The van der Waals surface area contributed by atoms with Crippen LogP contribution in [0.3, 0.4) is 0 Å². The van der Waals surface area contributed by atoms with E-state index in [1.807, 2.05) is 27.7 Å². The van der Waals surface area contributed by atoms with E-state index in [4.69, 9.17) is 9.31 Å². The maximum absolute atomic E-state index is 12.6. The van der Waals surface area contributed by atoms with Gasteiger partial charge in [-0.25, -0.2) is 0 Å². The molecule has 1 fully saturated rings. The molecule has 1 aliphatic heterocycles. The minimum absolute atomic E-state index is 0.277. The smallest absolute Gasteiger partial charge is 0.399 e. The zero-order valence-electron chi connectivity index (χ0n) is 16.1. The third-order valence-corrected chi connectivity index (χ3v) is 5.14. The van der Waals surface area contributed by atoms with Crippen molar-refractivity contribution in [3.8, 4) is 0 Å². The van der Waals surface area contributed by atoms with Gasteiger partial charge in [-0.05, 0) is 69.6 Å². The van der Waals surface area contributed by atoms with Crippen molar-refractivity contribution in [2.45, 2.75) is 45.1 Å². The molecule has 3 rings (SSSR count). The molecule has 0 aromatic heterocycles. The first-order valence-electron chi connectivity index (χ1n) is 8.83. The summed E-state index contributed by atoms with van der Waals surface area (Å²) in [7, 11) is -0.608. The van der Waals surface area contributed by atoms with Crippen molar-refractivity contribution >= 4 is 24.2 Å². The van der Waals surface area contributed by atoms with Gasteiger partial charge in [0, 0.05) is 11.3 Å². The number of hydrogen-bond donors (Lipinski definition) is 1. The number of halogens is 3. The van der Waals surface area contributed by atoms with Gasteiger partial charge >= 0.3 is 13.3 Å². The number of rotatable bonds is 3. The van der Waals surface area contributed by atoms with E-state index in [-0.39, 0.29) is 5.69 Å². The van der Waals surface area contributed by atoms with Gasteiger partial charge in [0.25, 0.3) is 5.91 Å². The van der Waals surface area contributed by atoms with Crippen molar-refractivity contribution in [1.29, 1.82) is 0 Å². The third kappa shape index (κ3) is 4.08. The van der Waals surface area contributed by atoms with Gasteiger partial charge in [0.15, 0.2) is 0 Å². The van der Waals surface area contributed by atoms with Crippen LogP contribution < -0.4 is 10.8 Å². The third-order valence-electron chi connectivity index (χ3n) is 5.14. The molecule has 28 heavy (non-hydrogen) atoms. The molecule has 2 aromatic rings. The Kier molecular flexibility index (Phi) is 5.06. The van der Waals surface area contributed by atoms with E-state index < -0.39 is 36.0 Å². The molecule has 0 unspecified atom stereocenters. The Balaban J connectivity index is 1.75. The number of anilines is 1. The molecule has 0 saturated carbocycles. The number of carbonyl (C=O) groups excluding carboxylic acids is 1. The minimum Gasteiger partial charge on any atom is -0.399 e. The summed E-state index contributed by atoms with van der Waals surface area (Å²) in [5.74, 6) is -0.432. The molecule has 0 atom stereocenters. The van der Waals surface area contributed by atoms with Gasteiger partial charge in [-0.1, -0.05) is 12.1 Å². The van der Waals surface area contributed by atoms with Crippen LogP contribution in [0, 0.1) is 0 Å². The van der Waals surface area contributed by atoms with E-state index >= 15 is 0 Å². The second-order valence-electron chi connectivity index (χ2n) is 7.74. The van der Waals surface area contributed by atoms with E-state index in [1.54, 1.807) is 24.3 Å². The zero-order chi connectivity index (χ0) is 20.7. The van der Waals surface area contributed by atoms with Crippen LogP contribution >= 0.6 is 0 Å². The number of hydrogen-bond acceptors (Lipinski definition) is 3. The first-order chi connectivity index (χ1) is 12.9. The van der Waals surface area contributed by atoms with Gasteiger partial charge in [-0.2, -0.15) is 13.2 Å². The SMILES string of the molecule is CC1(C)OB(c2cccc(C(=O)Nc3ccc(C(F)(F)F)cc3)c2)OC1(C)C. The highest BCUT2D eigenvalue weighted by atomic mass is 19.4. The summed E-state index contributed by atoms with van der Waals surface area (Å²) in [5.41, 5.74) is -0.454. The van der Waals surface area contributed by atoms with Crippen molar-refractivity contribution in [2.24, 2.45) is 0 Å². The molecule has 0 radical (unpaired) electrons. The largest absolute Gasteiger partial charge is 0.494 e. The summed E-state index contributed by atoms with van der Waals surface area (Å²) in [6.45, 7) is 7.75. The molecule has 0 bridgehead atoms. The molecule has 0 aliphatic carbocycles. The Morgan fingerprint density at radius 3 is 2.07 bits per heavy atom. The molecule has 1 N–H and O–H groups in total. The van der Waals surface area contributed by atoms with Crippen LogP contribution in [0.25, 0.3) is 0 Å². The van der Waals surface area contributed by atoms with Crippen LogP contribution in [0.1, 0.15) is 43.6 Å². The molecule has 1 aliphatic rings. The summed E-state index contributed by atoms with van der Waals surface area (Å²) in [6.07, 6.45) is -4.42. The first kappa shape index (κ1) is 20.4. The van der Waals surface area contributed by atoms with Gasteiger partial charge in [0.2, 0.25) is 0 Å². The van der Waals surface area contributed by atoms with Crippen LogP contribution in [0.2, 0.25) is 0 Å². The lowest BCUT2D eigenvalue weighted by Crippen LogP contribution is -2.41. The van der Waals surface area contributed by atoms with Crippen molar-refractivity contribution in [1.82, 2.24) is 0 Å². The average molecular weight is 391 g/mol. The van der Waals surface area contributed by atoms with Gasteiger partial charge in [-0.15, -0.1) is 0 Å². The molecule has 8 heteroatoms. The van der Waals surface area contributed by atoms with Crippen molar-refractivity contribution in [2.75, 3.05) is 5.32 Å². The molecule has 4 nitrogen and oxygen atoms in total. The Morgan fingerprint density at radius 1 is 0.964 bits per heavy atom. The second-order valence-corrected chi connectivity index (χ2v) is 7.74. The average Bonchev–Trinajstić information content (AvgIpc) is 2.82. The maximum Gasteiger partial charge on any atom is 0.494 e. The minimum atomic E-state index is -4.42. The second kappa shape index (κ2) is 6.94. The summed E-state index contributed by atoms with van der Waals surface area (Å²) in [6, 6.07) is 11.1.